The van der Waals surface area contributed by atoms with Crippen LogP contribution in [0.5, 0.6) is 0 Å². The first-order valence-electron chi connectivity index (χ1n) is 8.19. The summed E-state index contributed by atoms with van der Waals surface area (Å²) in [5.41, 5.74) is 2.90. The van der Waals surface area contributed by atoms with Crippen molar-refractivity contribution in [3.05, 3.63) is 34.9 Å². The second-order valence-electron chi connectivity index (χ2n) is 5.98. The molecule has 1 aromatic carbocycles. The molecule has 0 spiro atoms. The first-order chi connectivity index (χ1) is 12.2. The van der Waals surface area contributed by atoms with Crippen LogP contribution < -0.4 is 15.7 Å². The van der Waals surface area contributed by atoms with Gasteiger partial charge in [-0.15, -0.1) is 0 Å². The van der Waals surface area contributed by atoms with Gasteiger partial charge in [-0.1, -0.05) is 29.8 Å². The third-order valence-corrected chi connectivity index (χ3v) is 4.55. The van der Waals surface area contributed by atoms with Crippen LogP contribution in [-0.4, -0.2) is 45.0 Å². The average Bonchev–Trinajstić information content (AvgIpc) is 2.67. The molecule has 0 aliphatic carbocycles. The zero-order valence-electron chi connectivity index (χ0n) is 13.7. The van der Waals surface area contributed by atoms with Crippen molar-refractivity contribution in [2.24, 2.45) is 5.92 Å². The Labute approximate surface area is 150 Å². The number of piperidine rings is 1. The Kier molecular flexibility index (Phi) is 5.85. The van der Waals surface area contributed by atoms with Gasteiger partial charge in [0.05, 0.1) is 0 Å². The van der Waals surface area contributed by atoms with Crippen LogP contribution in [-0.2, 0) is 6.54 Å². The van der Waals surface area contributed by atoms with Gasteiger partial charge in [0, 0.05) is 31.3 Å². The number of aliphatic hydroxyl groups excluding tert-OH is 1. The van der Waals surface area contributed by atoms with E-state index in [9.17, 15) is 10.3 Å². The van der Waals surface area contributed by atoms with Gasteiger partial charge in [0.2, 0.25) is 11.9 Å². The molecule has 0 bridgehead atoms. The highest BCUT2D eigenvalue weighted by atomic mass is 35.5. The third kappa shape index (κ3) is 4.47. The van der Waals surface area contributed by atoms with E-state index < -0.39 is 0 Å². The summed E-state index contributed by atoms with van der Waals surface area (Å²) in [5, 5.41) is 22.4. The summed E-state index contributed by atoms with van der Waals surface area (Å²) in [6, 6.07) is 7.51. The van der Waals surface area contributed by atoms with Crippen molar-refractivity contribution in [3.63, 3.8) is 0 Å². The minimum Gasteiger partial charge on any atom is -0.396 e. The van der Waals surface area contributed by atoms with E-state index in [2.05, 4.69) is 20.3 Å². The van der Waals surface area contributed by atoms with Gasteiger partial charge in [-0.3, -0.25) is 5.21 Å². The van der Waals surface area contributed by atoms with Crippen LogP contribution >= 0.6 is 11.6 Å². The van der Waals surface area contributed by atoms with Crippen molar-refractivity contribution in [1.29, 1.82) is 0 Å². The van der Waals surface area contributed by atoms with Gasteiger partial charge in [-0.25, -0.2) is 5.48 Å². The molecule has 1 aliphatic heterocycles. The molecule has 0 saturated carbocycles. The second-order valence-corrected chi connectivity index (χ2v) is 6.38. The quantitative estimate of drug-likeness (QED) is 0.578. The summed E-state index contributed by atoms with van der Waals surface area (Å²) in [5.74, 6) is 1.08. The average molecular weight is 365 g/mol. The predicted octanol–water partition coefficient (Wildman–Crippen LogP) is 2.15. The maximum absolute atomic E-state index is 9.39. The number of nitrogens with zero attached hydrogens (tertiary/aromatic N) is 4. The molecule has 8 nitrogen and oxygen atoms in total. The monoisotopic (exact) mass is 364 g/mol. The highest BCUT2D eigenvalue weighted by molar-refractivity contribution is 6.31. The van der Waals surface area contributed by atoms with E-state index in [0.717, 1.165) is 24.9 Å². The molecule has 2 heterocycles. The fraction of sp³-hybridized carbons (Fsp3) is 0.438. The number of benzene rings is 1. The van der Waals surface area contributed by atoms with Crippen molar-refractivity contribution in [2.75, 3.05) is 35.4 Å². The van der Waals surface area contributed by atoms with Crippen LogP contribution in [0, 0.1) is 5.92 Å². The van der Waals surface area contributed by atoms with Crippen molar-refractivity contribution in [3.8, 4) is 0 Å². The third-order valence-electron chi connectivity index (χ3n) is 4.18. The van der Waals surface area contributed by atoms with Gasteiger partial charge < -0.3 is 15.3 Å². The van der Waals surface area contributed by atoms with Gasteiger partial charge in [-0.05, 0) is 30.4 Å². The van der Waals surface area contributed by atoms with E-state index >= 15 is 0 Å². The minimum absolute atomic E-state index is 0.0674. The molecule has 1 fully saturated rings. The van der Waals surface area contributed by atoms with Gasteiger partial charge >= 0.3 is 0 Å². The van der Waals surface area contributed by atoms with E-state index in [1.165, 1.54) is 0 Å². The lowest BCUT2D eigenvalue weighted by molar-refractivity contribution is 0.208. The number of aliphatic hydroxyl groups is 1. The zero-order valence-corrected chi connectivity index (χ0v) is 14.4. The fourth-order valence-corrected chi connectivity index (χ4v) is 3.05. The molecule has 4 N–H and O–H groups in total. The summed E-state index contributed by atoms with van der Waals surface area (Å²) in [6.45, 7) is 2.07. The molecule has 0 amide bonds. The van der Waals surface area contributed by atoms with E-state index in [4.69, 9.17) is 11.6 Å². The van der Waals surface area contributed by atoms with Crippen LogP contribution in [0.3, 0.4) is 0 Å². The Morgan fingerprint density at radius 1 is 1.20 bits per heavy atom. The Bertz CT molecular complexity index is 717. The second kappa shape index (κ2) is 8.28. The molecule has 1 aromatic heterocycles. The van der Waals surface area contributed by atoms with Gasteiger partial charge in [0.15, 0.2) is 0 Å². The first-order valence-corrected chi connectivity index (χ1v) is 8.56. The smallest absolute Gasteiger partial charge is 0.253 e. The van der Waals surface area contributed by atoms with Crippen molar-refractivity contribution >= 4 is 29.4 Å². The van der Waals surface area contributed by atoms with Crippen LogP contribution in [0.15, 0.2) is 24.3 Å². The number of hydrogen-bond donors (Lipinski definition) is 4. The molecule has 1 aliphatic rings. The Hall–Kier alpha value is -2.16. The number of hydrogen-bond acceptors (Lipinski definition) is 8. The van der Waals surface area contributed by atoms with Crippen molar-refractivity contribution < 1.29 is 10.3 Å². The number of rotatable bonds is 6. The lowest BCUT2D eigenvalue weighted by atomic mass is 9.99. The number of nitrogens with one attached hydrogen (secondary N) is 2. The molecule has 3 rings (SSSR count). The Morgan fingerprint density at radius 3 is 2.76 bits per heavy atom. The number of aromatic nitrogens is 3. The summed E-state index contributed by atoms with van der Waals surface area (Å²) >= 11 is 6.16. The summed E-state index contributed by atoms with van der Waals surface area (Å²) in [4.78, 5) is 14.8. The zero-order chi connectivity index (χ0) is 17.6. The molecule has 1 saturated heterocycles. The van der Waals surface area contributed by atoms with Crippen molar-refractivity contribution in [2.45, 2.75) is 19.4 Å². The molecule has 1 unspecified atom stereocenters. The van der Waals surface area contributed by atoms with E-state index in [1.54, 1.807) is 0 Å². The molecular weight excluding hydrogens is 344 g/mol. The molecule has 1 atom stereocenters. The maximum atomic E-state index is 9.39. The Morgan fingerprint density at radius 2 is 2.00 bits per heavy atom. The maximum Gasteiger partial charge on any atom is 0.253 e. The Balaban J connectivity index is 1.76. The topological polar surface area (TPSA) is 106 Å². The van der Waals surface area contributed by atoms with Gasteiger partial charge in [-0.2, -0.15) is 15.0 Å². The van der Waals surface area contributed by atoms with Crippen molar-refractivity contribution in [1.82, 2.24) is 15.0 Å². The number of anilines is 3. The van der Waals surface area contributed by atoms with Crippen LogP contribution in [0.4, 0.5) is 17.8 Å². The lowest BCUT2D eigenvalue weighted by Crippen LogP contribution is -2.38. The molecule has 9 heteroatoms. The normalized spacial score (nSPS) is 17.4. The highest BCUT2D eigenvalue weighted by Crippen LogP contribution is 2.22. The van der Waals surface area contributed by atoms with E-state index in [0.29, 0.717) is 30.0 Å². The lowest BCUT2D eigenvalue weighted by Gasteiger charge is -2.31. The standard InChI is InChI=1S/C16H21ClN6O2/c17-13-6-2-1-5-12(13)8-18-14-19-15(22-25)21-16(20-14)23-7-3-4-11(9-23)10-24/h1-2,5-6,11,24-25H,3-4,7-10H2,(H2,18,19,20,21,22). The fourth-order valence-electron chi connectivity index (χ4n) is 2.85. The van der Waals surface area contributed by atoms with Crippen LogP contribution in [0.2, 0.25) is 5.02 Å². The molecule has 134 valence electrons. The molecule has 25 heavy (non-hydrogen) atoms. The minimum atomic E-state index is 0.0674. The van der Waals surface area contributed by atoms with E-state index in [-0.39, 0.29) is 18.5 Å². The highest BCUT2D eigenvalue weighted by Gasteiger charge is 2.22. The molecular formula is C16H21ClN6O2. The van der Waals surface area contributed by atoms with Crippen LogP contribution in [0.1, 0.15) is 18.4 Å². The SMILES string of the molecule is OCC1CCCN(c2nc(NO)nc(NCc3ccccc3Cl)n2)C1. The molecule has 0 radical (unpaired) electrons. The first kappa shape index (κ1) is 17.7. The van der Waals surface area contributed by atoms with Gasteiger partial charge in [0.1, 0.15) is 0 Å². The summed E-state index contributed by atoms with van der Waals surface area (Å²) < 4.78 is 0. The molecule has 2 aromatic rings. The van der Waals surface area contributed by atoms with E-state index in [1.807, 2.05) is 34.6 Å². The largest absolute Gasteiger partial charge is 0.396 e. The number of halogens is 1. The van der Waals surface area contributed by atoms with Gasteiger partial charge in [0.25, 0.3) is 5.95 Å². The summed E-state index contributed by atoms with van der Waals surface area (Å²) in [7, 11) is 0. The van der Waals surface area contributed by atoms with Crippen LogP contribution in [0.25, 0.3) is 0 Å². The predicted molar refractivity (Wildman–Crippen MR) is 96.0 cm³/mol. The summed E-state index contributed by atoms with van der Waals surface area (Å²) in [6.07, 6.45) is 1.95.